The average molecular weight is 444 g/mol. The fraction of sp³-hybridized carbons (Fsp3) is 0.500. The lowest BCUT2D eigenvalue weighted by molar-refractivity contribution is 0.242. The number of anilines is 1. The van der Waals surface area contributed by atoms with E-state index < -0.39 is 0 Å². The van der Waals surface area contributed by atoms with Crippen LogP contribution in [0, 0.1) is 5.92 Å². The maximum absolute atomic E-state index is 4.67. The third kappa shape index (κ3) is 4.50. The number of hydrogen-bond acceptors (Lipinski definition) is 5. The molecule has 1 aromatic heterocycles. The lowest BCUT2D eigenvalue weighted by atomic mass is 9.91. The van der Waals surface area contributed by atoms with Gasteiger partial charge in [0, 0.05) is 36.7 Å². The topological polar surface area (TPSA) is 53.1 Å². The summed E-state index contributed by atoms with van der Waals surface area (Å²) in [5, 5.41) is 7.62. The third-order valence-electron chi connectivity index (χ3n) is 8.07. The van der Waals surface area contributed by atoms with Crippen molar-refractivity contribution in [2.75, 3.05) is 11.9 Å². The summed E-state index contributed by atoms with van der Waals surface area (Å²) >= 11 is 0. The first-order chi connectivity index (χ1) is 16.1. The lowest BCUT2D eigenvalue weighted by Gasteiger charge is -2.39. The average Bonchev–Trinajstić information content (AvgIpc) is 3.43. The van der Waals surface area contributed by atoms with E-state index >= 15 is 0 Å². The third-order valence-corrected chi connectivity index (χ3v) is 8.07. The van der Waals surface area contributed by atoms with Crippen molar-refractivity contribution in [1.82, 2.24) is 20.2 Å². The second-order valence-corrected chi connectivity index (χ2v) is 10.2. The van der Waals surface area contributed by atoms with Gasteiger partial charge in [-0.15, -0.1) is 6.58 Å². The first kappa shape index (κ1) is 22.0. The molecule has 33 heavy (non-hydrogen) atoms. The van der Waals surface area contributed by atoms with Gasteiger partial charge in [-0.2, -0.15) is 0 Å². The minimum atomic E-state index is 0.162. The highest BCUT2D eigenvalue weighted by molar-refractivity contribution is 5.49. The van der Waals surface area contributed by atoms with Gasteiger partial charge in [-0.3, -0.25) is 0 Å². The molecule has 1 fully saturated rings. The number of nitrogens with one attached hydrogen (secondary N) is 2. The monoisotopic (exact) mass is 443 g/mol. The van der Waals surface area contributed by atoms with Crippen LogP contribution in [0.15, 0.2) is 55.6 Å². The van der Waals surface area contributed by atoms with E-state index in [9.17, 15) is 0 Å². The highest BCUT2D eigenvalue weighted by Gasteiger charge is 2.38. The zero-order valence-electron chi connectivity index (χ0n) is 19.9. The van der Waals surface area contributed by atoms with Gasteiger partial charge in [-0.1, -0.05) is 43.8 Å². The van der Waals surface area contributed by atoms with Gasteiger partial charge in [-0.05, 0) is 62.0 Å². The molecule has 0 spiro atoms. The molecule has 1 aliphatic heterocycles. The first-order valence-corrected chi connectivity index (χ1v) is 12.6. The van der Waals surface area contributed by atoms with Crippen LogP contribution in [0.2, 0.25) is 0 Å². The molecule has 2 heterocycles. The van der Waals surface area contributed by atoms with Crippen LogP contribution < -0.4 is 10.6 Å². The summed E-state index contributed by atoms with van der Waals surface area (Å²) < 4.78 is 0. The molecule has 0 saturated heterocycles. The maximum Gasteiger partial charge on any atom is 0.134 e. The SMILES string of the molecule is C=CCC1CCC(CC)(NC(=C)N2CCc3ncnc(NC4Cc5ccccc5C4)c3C2)C1. The van der Waals surface area contributed by atoms with E-state index in [1.54, 1.807) is 6.33 Å². The molecule has 2 N–H and O–H groups in total. The molecule has 0 radical (unpaired) electrons. The molecular weight excluding hydrogens is 406 g/mol. The standard InChI is InChI=1S/C28H37N5/c1-4-8-21-11-13-28(5-2,17-21)32-20(3)33-14-12-26-25(18-33)27(30-19-29-26)31-24-15-22-9-6-7-10-23(22)16-24/h4,6-7,9-10,19,21,24,32H,1,3,5,8,11-18H2,2H3,(H,29,30,31). The highest BCUT2D eigenvalue weighted by Crippen LogP contribution is 2.40. The molecule has 2 aromatic rings. The quantitative estimate of drug-likeness (QED) is 0.563. The molecule has 1 saturated carbocycles. The second-order valence-electron chi connectivity index (χ2n) is 10.2. The normalized spacial score (nSPS) is 24.3. The van der Waals surface area contributed by atoms with Crippen LogP contribution in [0.5, 0.6) is 0 Å². The van der Waals surface area contributed by atoms with Crippen LogP contribution in [-0.4, -0.2) is 33.0 Å². The first-order valence-electron chi connectivity index (χ1n) is 12.6. The molecule has 5 heteroatoms. The largest absolute Gasteiger partial charge is 0.367 e. The van der Waals surface area contributed by atoms with Crippen molar-refractivity contribution in [3.05, 3.63) is 78.0 Å². The van der Waals surface area contributed by atoms with Crippen LogP contribution in [0.25, 0.3) is 0 Å². The van der Waals surface area contributed by atoms with E-state index in [2.05, 4.69) is 75.9 Å². The number of allylic oxidation sites excluding steroid dienone is 1. The number of fused-ring (bicyclic) bond motifs is 2. The van der Waals surface area contributed by atoms with Gasteiger partial charge in [0.05, 0.1) is 11.5 Å². The summed E-state index contributed by atoms with van der Waals surface area (Å²) in [6, 6.07) is 9.16. The molecule has 3 aliphatic rings. The van der Waals surface area contributed by atoms with E-state index in [1.165, 1.54) is 41.6 Å². The van der Waals surface area contributed by atoms with E-state index in [-0.39, 0.29) is 5.54 Å². The predicted molar refractivity (Wildman–Crippen MR) is 135 cm³/mol. The summed E-state index contributed by atoms with van der Waals surface area (Å²) in [6.07, 6.45) is 12.8. The number of hydrogen-bond donors (Lipinski definition) is 2. The van der Waals surface area contributed by atoms with Crippen molar-refractivity contribution >= 4 is 5.82 Å². The van der Waals surface area contributed by atoms with Crippen LogP contribution in [-0.2, 0) is 25.8 Å². The molecule has 1 aromatic carbocycles. The summed E-state index contributed by atoms with van der Waals surface area (Å²) in [6.45, 7) is 12.5. The molecule has 2 unspecified atom stereocenters. The molecule has 0 amide bonds. The molecular formula is C28H37N5. The van der Waals surface area contributed by atoms with Crippen molar-refractivity contribution < 1.29 is 0 Å². The molecule has 174 valence electrons. The molecule has 5 nitrogen and oxygen atoms in total. The minimum Gasteiger partial charge on any atom is -0.367 e. The van der Waals surface area contributed by atoms with Crippen molar-refractivity contribution in [2.24, 2.45) is 5.92 Å². The molecule has 0 bridgehead atoms. The van der Waals surface area contributed by atoms with Gasteiger partial charge in [0.1, 0.15) is 12.1 Å². The Hall–Kier alpha value is -2.82. The number of benzene rings is 1. The Morgan fingerprint density at radius 2 is 2.03 bits per heavy atom. The van der Waals surface area contributed by atoms with E-state index in [4.69, 9.17) is 0 Å². The number of aromatic nitrogens is 2. The van der Waals surface area contributed by atoms with Crippen LogP contribution in [0.4, 0.5) is 5.82 Å². The van der Waals surface area contributed by atoms with Gasteiger partial charge in [0.15, 0.2) is 0 Å². The van der Waals surface area contributed by atoms with Crippen molar-refractivity contribution in [1.29, 1.82) is 0 Å². The van der Waals surface area contributed by atoms with E-state index in [0.717, 1.165) is 62.8 Å². The van der Waals surface area contributed by atoms with Gasteiger partial charge >= 0.3 is 0 Å². The van der Waals surface area contributed by atoms with Crippen LogP contribution in [0.3, 0.4) is 0 Å². The van der Waals surface area contributed by atoms with Gasteiger partial charge in [0.25, 0.3) is 0 Å². The summed E-state index contributed by atoms with van der Waals surface area (Å²) in [5.74, 6) is 2.78. The zero-order valence-corrected chi connectivity index (χ0v) is 19.9. The Labute approximate surface area is 198 Å². The van der Waals surface area contributed by atoms with Crippen LogP contribution >= 0.6 is 0 Å². The molecule has 2 aliphatic carbocycles. The van der Waals surface area contributed by atoms with E-state index in [1.807, 2.05) is 0 Å². The molecule has 5 rings (SSSR count). The summed E-state index contributed by atoms with van der Waals surface area (Å²) in [7, 11) is 0. The number of rotatable bonds is 8. The Morgan fingerprint density at radius 3 is 2.76 bits per heavy atom. The Balaban J connectivity index is 1.27. The lowest BCUT2D eigenvalue weighted by Crippen LogP contribution is -2.47. The van der Waals surface area contributed by atoms with E-state index in [0.29, 0.717) is 6.04 Å². The second kappa shape index (κ2) is 9.20. The smallest absolute Gasteiger partial charge is 0.134 e. The molecule has 2 atom stereocenters. The van der Waals surface area contributed by atoms with Crippen molar-refractivity contribution in [2.45, 2.75) is 76.4 Å². The fourth-order valence-corrected chi connectivity index (χ4v) is 6.13. The van der Waals surface area contributed by atoms with Crippen molar-refractivity contribution in [3.63, 3.8) is 0 Å². The Bertz CT molecular complexity index is 1010. The fourth-order valence-electron chi connectivity index (χ4n) is 6.13. The highest BCUT2D eigenvalue weighted by atomic mass is 15.3. The Kier molecular flexibility index (Phi) is 6.13. The van der Waals surface area contributed by atoms with Crippen LogP contribution in [0.1, 0.15) is 61.4 Å². The summed E-state index contributed by atoms with van der Waals surface area (Å²) in [4.78, 5) is 11.7. The zero-order chi connectivity index (χ0) is 22.8. The van der Waals surface area contributed by atoms with Gasteiger partial charge in [-0.25, -0.2) is 9.97 Å². The van der Waals surface area contributed by atoms with Gasteiger partial charge in [0.2, 0.25) is 0 Å². The predicted octanol–water partition coefficient (Wildman–Crippen LogP) is 5.00. The maximum atomic E-state index is 4.67. The summed E-state index contributed by atoms with van der Waals surface area (Å²) in [5.41, 5.74) is 5.46. The Morgan fingerprint density at radius 1 is 1.24 bits per heavy atom. The van der Waals surface area contributed by atoms with Gasteiger partial charge < -0.3 is 15.5 Å². The van der Waals surface area contributed by atoms with Crippen molar-refractivity contribution in [3.8, 4) is 0 Å². The number of nitrogens with zero attached hydrogens (tertiary/aromatic N) is 3. The minimum absolute atomic E-state index is 0.162.